The quantitative estimate of drug-likeness (QED) is 0.0353. The fourth-order valence-electron chi connectivity index (χ4n) is 10.5. The second kappa shape index (κ2) is 25.1. The Kier molecular flexibility index (Phi) is 18.4. The van der Waals surface area contributed by atoms with Crippen LogP contribution in [0.5, 0.6) is 5.75 Å². The molecule has 17 nitrogen and oxygen atoms in total. The first-order chi connectivity index (χ1) is 38.5. The van der Waals surface area contributed by atoms with E-state index < -0.39 is 35.4 Å². The van der Waals surface area contributed by atoms with Crippen LogP contribution in [0.4, 0.5) is 8.63 Å². The van der Waals surface area contributed by atoms with Crippen LogP contribution in [0.15, 0.2) is 103 Å². The zero-order chi connectivity index (χ0) is 58.3. The summed E-state index contributed by atoms with van der Waals surface area (Å²) in [6.45, 7) is 9.75. The van der Waals surface area contributed by atoms with E-state index in [0.29, 0.717) is 45.7 Å². The van der Waals surface area contributed by atoms with Crippen LogP contribution in [0.2, 0.25) is 0 Å². The summed E-state index contributed by atoms with van der Waals surface area (Å²) in [4.78, 5) is 73.9. The molecule has 81 heavy (non-hydrogen) atoms. The van der Waals surface area contributed by atoms with Crippen molar-refractivity contribution in [1.82, 2.24) is 39.8 Å². The molecule has 5 heterocycles. The number of rotatable bonds is 24. The summed E-state index contributed by atoms with van der Waals surface area (Å²) in [6.07, 6.45) is 18.2. The maximum atomic E-state index is 16.2. The van der Waals surface area contributed by atoms with E-state index in [-0.39, 0.29) is 69.8 Å². The predicted octanol–water partition coefficient (Wildman–Crippen LogP) is 8.13. The monoisotopic (exact) mass is 1110 g/mol. The number of nitrogens with one attached hydrogen (secondary N) is 4. The Bertz CT molecular complexity index is 3220. The minimum Gasteiger partial charge on any atom is -0.484 e. The minimum absolute atomic E-state index is 0.179. The maximum Gasteiger partial charge on any atom is 0.737 e. The topological polar surface area (TPSA) is 184 Å². The van der Waals surface area contributed by atoms with Gasteiger partial charge in [-0.1, -0.05) is 76.4 Å². The van der Waals surface area contributed by atoms with Crippen molar-refractivity contribution >= 4 is 71.3 Å². The van der Waals surface area contributed by atoms with E-state index in [1.54, 1.807) is 120 Å². The highest BCUT2D eigenvalue weighted by molar-refractivity contribution is 6.58. The second-order valence-corrected chi connectivity index (χ2v) is 23.3. The number of ether oxygens (including phenoxy) is 3. The maximum absolute atomic E-state index is 16.2. The fraction of sp³-hybridized carbons (Fsp3) is 0.443. The van der Waals surface area contributed by atoms with Crippen LogP contribution in [0.1, 0.15) is 114 Å². The summed E-state index contributed by atoms with van der Waals surface area (Å²) >= 11 is 0. The van der Waals surface area contributed by atoms with E-state index in [1.165, 1.54) is 49.0 Å². The molecule has 5 amide bonds. The predicted molar refractivity (Wildman–Crippen MR) is 312 cm³/mol. The SMILES string of the molecule is CN(C(=O)COc1ccc(/C=C/c2ccc3n2[B-](F)(F)[N+]2=C(c4ccc[nH]4)C=CC2=C3)cc1)C(C)(C)C(=O)NCCOCCOCCNC(=O)C(C)(C)N(C)C(=O)[C@@H](NC(=O)c1cn(CC2CCCCC2)c2ccccc12)C(C)(C)C. The molecular weight excluding hydrogens is 1040 g/mol. The van der Waals surface area contributed by atoms with Crippen molar-refractivity contribution in [3.8, 4) is 5.75 Å². The number of allylic oxidation sites excluding steroid dienone is 2. The van der Waals surface area contributed by atoms with Crippen LogP contribution in [0, 0.1) is 11.3 Å². The summed E-state index contributed by atoms with van der Waals surface area (Å²) in [5.41, 5.74) is 1.26. The molecule has 0 unspecified atom stereocenters. The first-order valence-corrected chi connectivity index (χ1v) is 28.0. The number of halogens is 2. The summed E-state index contributed by atoms with van der Waals surface area (Å²) < 4.78 is 53.8. The van der Waals surface area contributed by atoms with Crippen LogP contribution in [-0.4, -0.2) is 148 Å². The Labute approximate surface area is 473 Å². The Morgan fingerprint density at radius 1 is 0.790 bits per heavy atom. The average Bonchev–Trinajstić information content (AvgIpc) is 4.50. The van der Waals surface area contributed by atoms with E-state index in [2.05, 4.69) is 25.5 Å². The van der Waals surface area contributed by atoms with Crippen LogP contribution >= 0.6 is 0 Å². The molecule has 1 saturated carbocycles. The van der Waals surface area contributed by atoms with Crippen LogP contribution < -0.4 is 20.7 Å². The summed E-state index contributed by atoms with van der Waals surface area (Å²) in [5.74, 6) is -0.952. The van der Waals surface area contributed by atoms with Crippen LogP contribution in [0.25, 0.3) is 29.1 Å². The number of nitrogens with zero attached hydrogens (tertiary/aromatic N) is 5. The number of H-pyrrole nitrogens is 1. The molecular formula is C61H78BF2N9O8. The van der Waals surface area contributed by atoms with Gasteiger partial charge in [-0.3, -0.25) is 24.0 Å². The lowest BCUT2D eigenvalue weighted by atomic mass is 9.84. The number of aromatic nitrogens is 3. The molecule has 5 aromatic rings. The molecule has 1 fully saturated rings. The van der Waals surface area contributed by atoms with E-state index in [0.717, 1.165) is 32.0 Å². The number of likely N-dealkylation sites (N-methyl/N-ethyl adjacent to an activating group) is 2. The highest BCUT2D eigenvalue weighted by Gasteiger charge is 2.52. The van der Waals surface area contributed by atoms with Gasteiger partial charge in [0, 0.05) is 86.6 Å². The van der Waals surface area contributed by atoms with E-state index in [9.17, 15) is 24.0 Å². The zero-order valence-electron chi connectivity index (χ0n) is 48.2. The molecule has 3 aromatic heterocycles. The van der Waals surface area contributed by atoms with E-state index in [4.69, 9.17) is 14.2 Å². The van der Waals surface area contributed by atoms with Gasteiger partial charge in [-0.25, -0.2) is 0 Å². The highest BCUT2D eigenvalue weighted by Crippen LogP contribution is 2.35. The number of carbonyl (C=O) groups is 5. The number of hydrogen-bond acceptors (Lipinski definition) is 8. The van der Waals surface area contributed by atoms with Crippen molar-refractivity contribution in [3.63, 3.8) is 0 Å². The molecule has 20 heteroatoms. The smallest absolute Gasteiger partial charge is 0.484 e. The average molecular weight is 1110 g/mol. The van der Waals surface area contributed by atoms with Gasteiger partial charge < -0.3 is 67.1 Å². The number of benzene rings is 2. The van der Waals surface area contributed by atoms with Gasteiger partial charge in [0.25, 0.3) is 11.8 Å². The first kappa shape index (κ1) is 59.5. The summed E-state index contributed by atoms with van der Waals surface area (Å²) in [7, 11) is 3.10. The van der Waals surface area contributed by atoms with Gasteiger partial charge in [0.2, 0.25) is 17.7 Å². The molecule has 0 radical (unpaired) electrons. The number of amides is 5. The zero-order valence-corrected chi connectivity index (χ0v) is 48.2. The van der Waals surface area contributed by atoms with Crippen LogP contribution in [0.3, 0.4) is 0 Å². The largest absolute Gasteiger partial charge is 0.737 e. The minimum atomic E-state index is -4.19. The van der Waals surface area contributed by atoms with Gasteiger partial charge in [0.15, 0.2) is 18.0 Å². The molecule has 0 bridgehead atoms. The Hall–Kier alpha value is -7.58. The normalized spacial score (nSPS) is 15.8. The lowest BCUT2D eigenvalue weighted by Gasteiger charge is -2.40. The molecule has 0 spiro atoms. The van der Waals surface area contributed by atoms with Crippen molar-refractivity contribution in [3.05, 3.63) is 131 Å². The van der Waals surface area contributed by atoms with Gasteiger partial charge in [-0.05, 0) is 106 Å². The Morgan fingerprint density at radius 3 is 2.09 bits per heavy atom. The third kappa shape index (κ3) is 13.4. The molecule has 1 aliphatic carbocycles. The number of aromatic amines is 1. The molecule has 3 aliphatic rings. The second-order valence-electron chi connectivity index (χ2n) is 23.3. The summed E-state index contributed by atoms with van der Waals surface area (Å²) in [6, 6.07) is 20.7. The molecule has 2 aliphatic heterocycles. The van der Waals surface area contributed by atoms with Crippen molar-refractivity contribution < 1.29 is 51.3 Å². The van der Waals surface area contributed by atoms with Gasteiger partial charge in [-0.2, -0.15) is 0 Å². The molecule has 1 atom stereocenters. The number of carbonyl (C=O) groups excluding carboxylic acids is 5. The highest BCUT2D eigenvalue weighted by atomic mass is 19.2. The van der Waals surface area contributed by atoms with Crippen LogP contribution in [-0.2, 0) is 35.2 Å². The molecule has 0 saturated heterocycles. The Balaban J connectivity index is 0.710. The fourth-order valence-corrected chi connectivity index (χ4v) is 10.5. The van der Waals surface area contributed by atoms with E-state index in [1.807, 2.05) is 51.2 Å². The number of fused-ring (bicyclic) bond motifs is 3. The molecule has 2 aromatic carbocycles. The lowest BCUT2D eigenvalue weighted by molar-refractivity contribution is -0.360. The van der Waals surface area contributed by atoms with E-state index >= 15 is 8.63 Å². The Morgan fingerprint density at radius 2 is 1.44 bits per heavy atom. The van der Waals surface area contributed by atoms with Gasteiger partial charge in [-0.15, -0.1) is 0 Å². The van der Waals surface area contributed by atoms with Gasteiger partial charge in [0.05, 0.1) is 32.0 Å². The number of hydrogen-bond donors (Lipinski definition) is 4. The molecule has 8 rings (SSSR count). The third-order valence-corrected chi connectivity index (χ3v) is 15.9. The standard InChI is InChI=1S/C61H78BF2N9O8/c1-59(2,3)54(68-55(75)49-40-71(39-43-16-11-10-12-17-43)51-20-14-13-18-48(49)51)56(76)70(9)61(6,7)58(78)67-33-35-80-37-36-79-34-32-66-57(77)60(4,5)69(8)53(74)41-81-47-28-22-42(23-29-47)21-24-44-25-26-45-38-46-27-30-52(50-19-15-31-65-50)73(46)62(63,64)72(44)45/h13-15,18-31,38,40,43,54,65H,10-12,16-17,32-37,39,41H2,1-9H3,(H,66,77)(H,67,78)(H,68,75)/b24-21+/t54-/m1/s1. The third-order valence-electron chi connectivity index (χ3n) is 15.9. The van der Waals surface area contributed by atoms with Crippen molar-refractivity contribution in [2.75, 3.05) is 60.2 Å². The van der Waals surface area contributed by atoms with Crippen molar-refractivity contribution in [1.29, 1.82) is 0 Å². The number of para-hydroxylation sites is 1. The first-order valence-electron chi connectivity index (χ1n) is 28.0. The van der Waals surface area contributed by atoms with Crippen molar-refractivity contribution in [2.24, 2.45) is 11.3 Å². The summed E-state index contributed by atoms with van der Waals surface area (Å²) in [5, 5.41) is 9.55. The van der Waals surface area contributed by atoms with Gasteiger partial charge >= 0.3 is 6.97 Å². The lowest BCUT2D eigenvalue weighted by Crippen LogP contribution is -2.62. The van der Waals surface area contributed by atoms with Crippen molar-refractivity contribution in [2.45, 2.75) is 104 Å². The molecule has 432 valence electrons. The molecule has 4 N–H and O–H groups in total. The van der Waals surface area contributed by atoms with Gasteiger partial charge in [0.1, 0.15) is 28.6 Å².